The molecule has 150 valence electrons. The number of rotatable bonds is 4. The van der Waals surface area contributed by atoms with Gasteiger partial charge in [0.2, 0.25) is 0 Å². The van der Waals surface area contributed by atoms with Gasteiger partial charge in [0.05, 0.1) is 24.9 Å². The monoisotopic (exact) mass is 395 g/mol. The summed E-state index contributed by atoms with van der Waals surface area (Å²) in [4.78, 5) is 17.2. The molecule has 3 rings (SSSR count). The second-order valence-electron chi connectivity index (χ2n) is 7.29. The minimum Gasteiger partial charge on any atom is -0.495 e. The molecule has 2 fully saturated rings. The van der Waals surface area contributed by atoms with Gasteiger partial charge in [-0.3, -0.25) is 4.90 Å². The molecule has 1 saturated heterocycles. The van der Waals surface area contributed by atoms with Crippen molar-refractivity contribution in [3.05, 3.63) is 17.2 Å². The van der Waals surface area contributed by atoms with Crippen LogP contribution in [0.15, 0.2) is 12.1 Å². The molecule has 1 N–H and O–H groups in total. The molecule has 1 saturated carbocycles. The Morgan fingerprint density at radius 3 is 2.22 bits per heavy atom. The van der Waals surface area contributed by atoms with Crippen molar-refractivity contribution >= 4 is 23.3 Å². The number of carbonyl (C=O) groups is 1. The van der Waals surface area contributed by atoms with Crippen LogP contribution in [0.3, 0.4) is 0 Å². The first-order chi connectivity index (χ1) is 13.1. The predicted octanol–water partition coefficient (Wildman–Crippen LogP) is 4.23. The molecule has 0 atom stereocenters. The zero-order chi connectivity index (χ0) is 19.2. The smallest absolute Gasteiger partial charge is 0.322 e. The molecule has 1 aliphatic carbocycles. The zero-order valence-corrected chi connectivity index (χ0v) is 17.1. The molecule has 0 radical (unpaired) electrons. The molecule has 0 aromatic heterocycles. The highest BCUT2D eigenvalue weighted by Gasteiger charge is 2.27. The number of methoxy groups -OCH3 is 2. The van der Waals surface area contributed by atoms with E-state index in [0.717, 1.165) is 26.2 Å². The number of benzene rings is 1. The van der Waals surface area contributed by atoms with Crippen LogP contribution in [0.2, 0.25) is 5.02 Å². The molecule has 0 bridgehead atoms. The molecule has 2 amide bonds. The molecular formula is C20H30ClN3O3. The molecule has 6 nitrogen and oxygen atoms in total. The maximum atomic E-state index is 12.7. The first-order valence-corrected chi connectivity index (χ1v) is 10.2. The van der Waals surface area contributed by atoms with Crippen molar-refractivity contribution in [2.45, 2.75) is 44.6 Å². The Kier molecular flexibility index (Phi) is 7.07. The average molecular weight is 396 g/mol. The number of hydrogen-bond acceptors (Lipinski definition) is 4. The van der Waals surface area contributed by atoms with E-state index in [2.05, 4.69) is 10.2 Å². The molecular weight excluding hydrogens is 366 g/mol. The number of anilines is 1. The maximum Gasteiger partial charge on any atom is 0.322 e. The van der Waals surface area contributed by atoms with Gasteiger partial charge in [-0.25, -0.2) is 4.79 Å². The second kappa shape index (κ2) is 9.51. The van der Waals surface area contributed by atoms with E-state index in [1.54, 1.807) is 26.4 Å². The van der Waals surface area contributed by atoms with Crippen molar-refractivity contribution in [3.63, 3.8) is 0 Å². The summed E-state index contributed by atoms with van der Waals surface area (Å²) in [5, 5.41) is 3.39. The third-order valence-corrected chi connectivity index (χ3v) is 5.95. The van der Waals surface area contributed by atoms with Crippen molar-refractivity contribution < 1.29 is 14.3 Å². The largest absolute Gasteiger partial charge is 0.495 e. The van der Waals surface area contributed by atoms with Crippen molar-refractivity contribution in [2.24, 2.45) is 0 Å². The van der Waals surface area contributed by atoms with Gasteiger partial charge in [0.1, 0.15) is 11.5 Å². The Hall–Kier alpha value is -1.66. The number of urea groups is 1. The molecule has 2 aliphatic rings. The van der Waals surface area contributed by atoms with Crippen LogP contribution in [0.4, 0.5) is 10.5 Å². The summed E-state index contributed by atoms with van der Waals surface area (Å²) in [6.07, 6.45) is 8.01. The summed E-state index contributed by atoms with van der Waals surface area (Å²) in [5.74, 6) is 1.03. The zero-order valence-electron chi connectivity index (χ0n) is 16.3. The third-order valence-electron chi connectivity index (χ3n) is 5.66. The number of amides is 2. The van der Waals surface area contributed by atoms with Crippen LogP contribution in [0.5, 0.6) is 11.5 Å². The molecule has 7 heteroatoms. The Morgan fingerprint density at radius 1 is 1.00 bits per heavy atom. The number of ether oxygens (including phenoxy) is 2. The van der Waals surface area contributed by atoms with E-state index in [9.17, 15) is 4.79 Å². The Bertz CT molecular complexity index is 640. The lowest BCUT2D eigenvalue weighted by Crippen LogP contribution is -2.52. The highest BCUT2D eigenvalue weighted by atomic mass is 35.5. The van der Waals surface area contributed by atoms with Crippen LogP contribution in [-0.4, -0.2) is 62.3 Å². The minimum absolute atomic E-state index is 0.113. The molecule has 1 aromatic rings. The van der Waals surface area contributed by atoms with E-state index < -0.39 is 0 Å². The van der Waals surface area contributed by atoms with Gasteiger partial charge < -0.3 is 19.7 Å². The standard InChI is InChI=1S/C20H30ClN3O3/c1-26-18-14-17(19(27-2)13-16(18)21)22-20(25)24-11-9-23(10-12-24)15-7-5-3-4-6-8-15/h13-15H,3-12H2,1-2H3,(H,22,25). The van der Waals surface area contributed by atoms with Gasteiger partial charge in [-0.15, -0.1) is 0 Å². The summed E-state index contributed by atoms with van der Waals surface area (Å²) in [6, 6.07) is 3.93. The van der Waals surface area contributed by atoms with Gasteiger partial charge in [0, 0.05) is 44.4 Å². The Morgan fingerprint density at radius 2 is 1.63 bits per heavy atom. The number of nitrogens with one attached hydrogen (secondary N) is 1. The summed E-state index contributed by atoms with van der Waals surface area (Å²) in [5.41, 5.74) is 0.565. The predicted molar refractivity (Wildman–Crippen MR) is 108 cm³/mol. The lowest BCUT2D eigenvalue weighted by molar-refractivity contribution is 0.105. The molecule has 1 aliphatic heterocycles. The highest BCUT2D eigenvalue weighted by Crippen LogP contribution is 2.36. The van der Waals surface area contributed by atoms with Gasteiger partial charge in [-0.2, -0.15) is 0 Å². The number of piperazine rings is 1. The van der Waals surface area contributed by atoms with E-state index in [1.165, 1.54) is 38.5 Å². The van der Waals surface area contributed by atoms with E-state index in [0.29, 0.717) is 28.3 Å². The molecule has 0 unspecified atom stereocenters. The van der Waals surface area contributed by atoms with Crippen LogP contribution in [-0.2, 0) is 0 Å². The molecule has 1 aromatic carbocycles. The molecule has 27 heavy (non-hydrogen) atoms. The number of hydrogen-bond donors (Lipinski definition) is 1. The number of halogens is 1. The lowest BCUT2D eigenvalue weighted by Gasteiger charge is -2.39. The fraction of sp³-hybridized carbons (Fsp3) is 0.650. The quantitative estimate of drug-likeness (QED) is 0.775. The van der Waals surface area contributed by atoms with Crippen molar-refractivity contribution in [2.75, 3.05) is 45.7 Å². The van der Waals surface area contributed by atoms with Crippen LogP contribution in [0.25, 0.3) is 0 Å². The summed E-state index contributed by atoms with van der Waals surface area (Å²) >= 11 is 6.13. The summed E-state index contributed by atoms with van der Waals surface area (Å²) < 4.78 is 10.6. The average Bonchev–Trinajstić information content (AvgIpc) is 2.98. The summed E-state index contributed by atoms with van der Waals surface area (Å²) in [7, 11) is 3.10. The van der Waals surface area contributed by atoms with Gasteiger partial charge in [-0.1, -0.05) is 37.3 Å². The van der Waals surface area contributed by atoms with Gasteiger partial charge in [0.25, 0.3) is 0 Å². The topological polar surface area (TPSA) is 54.0 Å². The van der Waals surface area contributed by atoms with Gasteiger partial charge in [0.15, 0.2) is 0 Å². The molecule has 0 spiro atoms. The van der Waals surface area contributed by atoms with E-state index in [4.69, 9.17) is 21.1 Å². The highest BCUT2D eigenvalue weighted by molar-refractivity contribution is 6.32. The van der Waals surface area contributed by atoms with Crippen LogP contribution in [0.1, 0.15) is 38.5 Å². The van der Waals surface area contributed by atoms with Gasteiger partial charge >= 0.3 is 6.03 Å². The minimum atomic E-state index is -0.113. The van der Waals surface area contributed by atoms with E-state index in [-0.39, 0.29) is 6.03 Å². The fourth-order valence-electron chi connectivity index (χ4n) is 4.07. The van der Waals surface area contributed by atoms with Gasteiger partial charge in [-0.05, 0) is 12.8 Å². The first kappa shape index (κ1) is 20.1. The fourth-order valence-corrected chi connectivity index (χ4v) is 4.30. The van der Waals surface area contributed by atoms with Crippen molar-refractivity contribution in [3.8, 4) is 11.5 Å². The van der Waals surface area contributed by atoms with E-state index >= 15 is 0 Å². The normalized spacial score (nSPS) is 19.4. The van der Waals surface area contributed by atoms with Crippen LogP contribution >= 0.6 is 11.6 Å². The molecule has 1 heterocycles. The van der Waals surface area contributed by atoms with Crippen LogP contribution < -0.4 is 14.8 Å². The van der Waals surface area contributed by atoms with Crippen molar-refractivity contribution in [1.29, 1.82) is 0 Å². The number of nitrogens with zero attached hydrogens (tertiary/aromatic N) is 2. The summed E-state index contributed by atoms with van der Waals surface area (Å²) in [6.45, 7) is 3.38. The third kappa shape index (κ3) is 4.99. The number of carbonyl (C=O) groups excluding carboxylic acids is 1. The van der Waals surface area contributed by atoms with Crippen molar-refractivity contribution in [1.82, 2.24) is 9.80 Å². The SMILES string of the molecule is COc1cc(NC(=O)N2CCN(C3CCCCCC3)CC2)c(OC)cc1Cl. The second-order valence-corrected chi connectivity index (χ2v) is 7.69. The lowest BCUT2D eigenvalue weighted by atomic mass is 10.1. The Balaban J connectivity index is 1.58. The van der Waals surface area contributed by atoms with E-state index in [1.807, 2.05) is 4.90 Å². The van der Waals surface area contributed by atoms with Crippen LogP contribution in [0, 0.1) is 0 Å². The Labute approximate surface area is 166 Å². The maximum absolute atomic E-state index is 12.7. The first-order valence-electron chi connectivity index (χ1n) is 9.84.